The molecule has 1 amide bonds. The van der Waals surface area contributed by atoms with E-state index in [4.69, 9.17) is 27.9 Å². The minimum Gasteiger partial charge on any atom is -0.378 e. The molecule has 0 unspecified atom stereocenters. The van der Waals surface area contributed by atoms with Crippen LogP contribution in [0.15, 0.2) is 12.1 Å². The van der Waals surface area contributed by atoms with Crippen LogP contribution in [0.5, 0.6) is 0 Å². The molecule has 0 radical (unpaired) electrons. The van der Waals surface area contributed by atoms with Gasteiger partial charge in [-0.3, -0.25) is 9.59 Å². The van der Waals surface area contributed by atoms with Crippen LogP contribution in [0.1, 0.15) is 20.7 Å². The number of nitrogens with zero attached hydrogens (tertiary/aromatic N) is 1. The Morgan fingerprint density at radius 1 is 1.28 bits per heavy atom. The summed E-state index contributed by atoms with van der Waals surface area (Å²) in [5.74, 6) is -0.205. The molecule has 0 N–H and O–H groups in total. The summed E-state index contributed by atoms with van der Waals surface area (Å²) in [5, 5.41) is 0.350. The number of aldehydes is 1. The third-order valence-electron chi connectivity index (χ3n) is 2.77. The van der Waals surface area contributed by atoms with Gasteiger partial charge in [0.25, 0.3) is 5.91 Å². The Hall–Kier alpha value is -1.10. The molecule has 1 aromatic carbocycles. The van der Waals surface area contributed by atoms with Crippen LogP contribution in [0.4, 0.5) is 0 Å². The van der Waals surface area contributed by atoms with Gasteiger partial charge in [0.05, 0.1) is 34.4 Å². The summed E-state index contributed by atoms with van der Waals surface area (Å²) in [5.41, 5.74) is 0.447. The van der Waals surface area contributed by atoms with Gasteiger partial charge in [0.15, 0.2) is 6.29 Å². The number of morpholine rings is 1. The van der Waals surface area contributed by atoms with E-state index in [1.165, 1.54) is 12.1 Å². The Morgan fingerprint density at radius 3 is 2.56 bits per heavy atom. The SMILES string of the molecule is O=Cc1c(Cl)ccc(C(=O)N2CCOCC2)c1Cl. The number of halogens is 2. The van der Waals surface area contributed by atoms with Crippen molar-refractivity contribution in [1.29, 1.82) is 0 Å². The molecule has 0 bridgehead atoms. The van der Waals surface area contributed by atoms with Crippen molar-refractivity contribution in [2.24, 2.45) is 0 Å². The molecule has 6 heteroatoms. The molecule has 0 atom stereocenters. The normalized spacial score (nSPS) is 15.6. The maximum Gasteiger partial charge on any atom is 0.255 e. The molecule has 1 aromatic rings. The fourth-order valence-electron chi connectivity index (χ4n) is 1.78. The van der Waals surface area contributed by atoms with E-state index >= 15 is 0 Å². The van der Waals surface area contributed by atoms with Crippen molar-refractivity contribution in [1.82, 2.24) is 4.90 Å². The van der Waals surface area contributed by atoms with E-state index in [1.54, 1.807) is 4.90 Å². The van der Waals surface area contributed by atoms with Crippen LogP contribution in [-0.4, -0.2) is 43.4 Å². The van der Waals surface area contributed by atoms with Crippen LogP contribution in [0.3, 0.4) is 0 Å². The summed E-state index contributed by atoms with van der Waals surface area (Å²) >= 11 is 11.9. The molecule has 0 spiro atoms. The number of hydrogen-bond donors (Lipinski definition) is 0. The summed E-state index contributed by atoms with van der Waals surface area (Å²) in [6.45, 7) is 2.07. The molecular formula is C12H11Cl2NO3. The molecule has 1 aliphatic rings. The second-order valence-corrected chi connectivity index (χ2v) is 4.63. The van der Waals surface area contributed by atoms with Gasteiger partial charge in [-0.15, -0.1) is 0 Å². The second-order valence-electron chi connectivity index (χ2n) is 3.85. The van der Waals surface area contributed by atoms with E-state index in [1.807, 2.05) is 0 Å². The van der Waals surface area contributed by atoms with E-state index in [0.717, 1.165) is 0 Å². The highest BCUT2D eigenvalue weighted by Gasteiger charge is 2.22. The van der Waals surface area contributed by atoms with Gasteiger partial charge in [-0.1, -0.05) is 23.2 Å². The van der Waals surface area contributed by atoms with E-state index in [2.05, 4.69) is 0 Å². The number of ether oxygens (including phenoxy) is 1. The number of benzene rings is 1. The predicted octanol–water partition coefficient (Wildman–Crippen LogP) is 2.28. The number of amides is 1. The van der Waals surface area contributed by atoms with E-state index in [-0.39, 0.29) is 21.5 Å². The minimum absolute atomic E-state index is 0.106. The summed E-state index contributed by atoms with van der Waals surface area (Å²) in [6.07, 6.45) is 0.556. The summed E-state index contributed by atoms with van der Waals surface area (Å²) in [4.78, 5) is 24.8. The highest BCUT2D eigenvalue weighted by atomic mass is 35.5. The third-order valence-corrected chi connectivity index (χ3v) is 3.51. The van der Waals surface area contributed by atoms with Crippen LogP contribution in [-0.2, 0) is 4.74 Å². The Balaban J connectivity index is 2.32. The van der Waals surface area contributed by atoms with Gasteiger partial charge in [0, 0.05) is 13.1 Å². The maximum atomic E-state index is 12.2. The lowest BCUT2D eigenvalue weighted by atomic mass is 10.1. The molecule has 1 heterocycles. The van der Waals surface area contributed by atoms with Crippen LogP contribution in [0, 0.1) is 0 Å². The van der Waals surface area contributed by atoms with Crippen molar-refractivity contribution in [2.45, 2.75) is 0 Å². The van der Waals surface area contributed by atoms with Gasteiger partial charge in [-0.25, -0.2) is 0 Å². The van der Waals surface area contributed by atoms with Crippen molar-refractivity contribution in [3.05, 3.63) is 33.3 Å². The number of rotatable bonds is 2. The summed E-state index contributed by atoms with van der Waals surface area (Å²) < 4.78 is 5.18. The summed E-state index contributed by atoms with van der Waals surface area (Å²) in [7, 11) is 0. The molecule has 4 nitrogen and oxygen atoms in total. The second kappa shape index (κ2) is 5.69. The highest BCUT2D eigenvalue weighted by molar-refractivity contribution is 6.40. The summed E-state index contributed by atoms with van der Waals surface area (Å²) in [6, 6.07) is 3.04. The molecule has 0 saturated carbocycles. The average molecular weight is 288 g/mol. The van der Waals surface area contributed by atoms with Gasteiger partial charge in [-0.2, -0.15) is 0 Å². The molecule has 0 aliphatic carbocycles. The van der Waals surface area contributed by atoms with Crippen molar-refractivity contribution in [3.63, 3.8) is 0 Å². The zero-order valence-corrected chi connectivity index (χ0v) is 11.0. The number of hydrogen-bond acceptors (Lipinski definition) is 3. The highest BCUT2D eigenvalue weighted by Crippen LogP contribution is 2.27. The van der Waals surface area contributed by atoms with Gasteiger partial charge in [0.1, 0.15) is 0 Å². The first kappa shape index (κ1) is 13.3. The topological polar surface area (TPSA) is 46.6 Å². The fraction of sp³-hybridized carbons (Fsp3) is 0.333. The molecule has 18 heavy (non-hydrogen) atoms. The monoisotopic (exact) mass is 287 g/mol. The zero-order chi connectivity index (χ0) is 13.1. The lowest BCUT2D eigenvalue weighted by Gasteiger charge is -2.27. The van der Waals surface area contributed by atoms with Gasteiger partial charge < -0.3 is 9.64 Å². The van der Waals surface area contributed by atoms with Crippen LogP contribution >= 0.6 is 23.2 Å². The first-order valence-corrected chi connectivity index (χ1v) is 6.21. The quantitative estimate of drug-likeness (QED) is 0.784. The first-order chi connectivity index (χ1) is 8.65. The van der Waals surface area contributed by atoms with Crippen molar-refractivity contribution in [3.8, 4) is 0 Å². The Bertz CT molecular complexity index is 484. The average Bonchev–Trinajstić information content (AvgIpc) is 2.40. The molecular weight excluding hydrogens is 277 g/mol. The lowest BCUT2D eigenvalue weighted by Crippen LogP contribution is -2.40. The van der Waals surface area contributed by atoms with Gasteiger partial charge in [-0.05, 0) is 12.1 Å². The van der Waals surface area contributed by atoms with E-state index < -0.39 is 0 Å². The van der Waals surface area contributed by atoms with Crippen LogP contribution in [0.25, 0.3) is 0 Å². The standard InChI is InChI=1S/C12H11Cl2NO3/c13-10-2-1-8(11(14)9(10)7-16)12(17)15-3-5-18-6-4-15/h1-2,7H,3-6H2. The van der Waals surface area contributed by atoms with Crippen LogP contribution in [0.2, 0.25) is 10.0 Å². The lowest BCUT2D eigenvalue weighted by molar-refractivity contribution is 0.0303. The Kier molecular flexibility index (Phi) is 4.22. The number of carbonyl (C=O) groups is 2. The largest absolute Gasteiger partial charge is 0.378 e. The maximum absolute atomic E-state index is 12.2. The van der Waals surface area contributed by atoms with Gasteiger partial charge in [0.2, 0.25) is 0 Å². The smallest absolute Gasteiger partial charge is 0.255 e. The Morgan fingerprint density at radius 2 is 1.94 bits per heavy atom. The predicted molar refractivity (Wildman–Crippen MR) is 68.6 cm³/mol. The first-order valence-electron chi connectivity index (χ1n) is 5.45. The minimum atomic E-state index is -0.205. The zero-order valence-electron chi connectivity index (χ0n) is 9.49. The number of carbonyl (C=O) groups excluding carboxylic acids is 2. The van der Waals surface area contributed by atoms with E-state index in [0.29, 0.717) is 38.2 Å². The molecule has 1 fully saturated rings. The third kappa shape index (κ3) is 2.51. The Labute approximate surface area is 114 Å². The van der Waals surface area contributed by atoms with Crippen molar-refractivity contribution < 1.29 is 14.3 Å². The van der Waals surface area contributed by atoms with E-state index in [9.17, 15) is 9.59 Å². The molecule has 1 aliphatic heterocycles. The molecule has 96 valence electrons. The van der Waals surface area contributed by atoms with Crippen molar-refractivity contribution in [2.75, 3.05) is 26.3 Å². The van der Waals surface area contributed by atoms with Crippen LogP contribution < -0.4 is 0 Å². The van der Waals surface area contributed by atoms with Gasteiger partial charge >= 0.3 is 0 Å². The molecule has 1 saturated heterocycles. The molecule has 0 aromatic heterocycles. The fourth-order valence-corrected chi connectivity index (χ4v) is 2.32. The van der Waals surface area contributed by atoms with Crippen molar-refractivity contribution >= 4 is 35.4 Å². The molecule has 2 rings (SSSR count).